The van der Waals surface area contributed by atoms with E-state index in [4.69, 9.17) is 4.74 Å². The van der Waals surface area contributed by atoms with Crippen molar-refractivity contribution in [2.24, 2.45) is 0 Å². The van der Waals surface area contributed by atoms with Gasteiger partial charge in [-0.1, -0.05) is 21.6 Å². The first kappa shape index (κ1) is 26.4. The summed E-state index contributed by atoms with van der Waals surface area (Å²) in [5, 5.41) is 5.80. The Kier molecular flexibility index (Phi) is 9.35. The average molecular weight is 486 g/mol. The molecule has 2 N–H and O–H groups in total. The van der Waals surface area contributed by atoms with Gasteiger partial charge in [-0.05, 0) is 47.0 Å². The molecule has 0 unspecified atom stereocenters. The fourth-order valence-corrected chi connectivity index (χ4v) is 4.47. The highest BCUT2D eigenvalue weighted by Crippen LogP contribution is 2.65. The maximum Gasteiger partial charge on any atom is 0.320 e. The lowest BCUT2D eigenvalue weighted by molar-refractivity contribution is -0.153. The minimum atomic E-state index is -0.587. The summed E-state index contributed by atoms with van der Waals surface area (Å²) in [6.07, 6.45) is 4.29. The molecule has 0 radical (unpaired) electrons. The predicted octanol–water partition coefficient (Wildman–Crippen LogP) is 1.57. The summed E-state index contributed by atoms with van der Waals surface area (Å²) >= 11 is 0. The first-order chi connectivity index (χ1) is 14.9. The minimum Gasteiger partial charge on any atom is -0.459 e. The number of nitrogens with zero attached hydrogens (tertiary/aromatic N) is 1. The van der Waals surface area contributed by atoms with Crippen molar-refractivity contribution in [2.75, 3.05) is 19.6 Å². The van der Waals surface area contributed by atoms with Gasteiger partial charge in [-0.3, -0.25) is 34.2 Å². The van der Waals surface area contributed by atoms with Crippen LogP contribution in [0.4, 0.5) is 0 Å². The van der Waals surface area contributed by atoms with Crippen LogP contribution >= 0.6 is 21.6 Å². The van der Waals surface area contributed by atoms with Crippen molar-refractivity contribution in [3.8, 4) is 0 Å². The van der Waals surface area contributed by atoms with E-state index in [1.165, 1.54) is 33.7 Å². The van der Waals surface area contributed by atoms with E-state index >= 15 is 0 Å². The number of unbranched alkanes of at least 4 members (excludes halogenated alkanes) is 1. The summed E-state index contributed by atoms with van der Waals surface area (Å²) in [7, 11) is 3.03. The van der Waals surface area contributed by atoms with E-state index in [0.717, 1.165) is 4.90 Å². The second-order valence-corrected chi connectivity index (χ2v) is 12.0. The van der Waals surface area contributed by atoms with Gasteiger partial charge in [0.05, 0.1) is 12.6 Å². The number of carbonyl (C=O) groups is 5. The van der Waals surface area contributed by atoms with Gasteiger partial charge in [0.15, 0.2) is 5.78 Å². The highest BCUT2D eigenvalue weighted by Gasteiger charge is 2.50. The highest BCUT2D eigenvalue weighted by atomic mass is 33.2. The molecule has 1 fully saturated rings. The molecule has 0 spiro atoms. The average Bonchev–Trinajstić information content (AvgIpc) is 3.37. The third-order valence-electron chi connectivity index (χ3n) is 4.71. The van der Waals surface area contributed by atoms with Crippen LogP contribution < -0.4 is 10.6 Å². The van der Waals surface area contributed by atoms with Gasteiger partial charge in [0.25, 0.3) is 11.8 Å². The molecular formula is C21H31N3O6S2. The van der Waals surface area contributed by atoms with Gasteiger partial charge in [0, 0.05) is 31.7 Å². The minimum absolute atomic E-state index is 0.0430. The molecule has 1 atom stereocenters. The molecule has 0 aromatic carbocycles. The molecule has 2 aliphatic rings. The molecule has 0 bridgehead atoms. The number of imide groups is 1. The Morgan fingerprint density at radius 3 is 2.31 bits per heavy atom. The zero-order valence-corrected chi connectivity index (χ0v) is 20.5. The van der Waals surface area contributed by atoms with Crippen molar-refractivity contribution in [1.29, 1.82) is 0 Å². The summed E-state index contributed by atoms with van der Waals surface area (Å²) in [5.74, 6) is -1.41. The highest BCUT2D eigenvalue weighted by molar-refractivity contribution is 8.94. The van der Waals surface area contributed by atoms with Crippen LogP contribution in [0.25, 0.3) is 0 Å². The molecule has 178 valence electrons. The number of nitrogens with one attached hydrogen (secondary N) is 2. The third-order valence-corrected chi connectivity index (χ3v) is 7.78. The molecule has 2 heterocycles. The predicted molar refractivity (Wildman–Crippen MR) is 124 cm³/mol. The van der Waals surface area contributed by atoms with Crippen LogP contribution in [0.3, 0.4) is 0 Å². The monoisotopic (exact) mass is 485 g/mol. The van der Waals surface area contributed by atoms with Crippen molar-refractivity contribution in [2.45, 2.75) is 69.1 Å². The van der Waals surface area contributed by atoms with Gasteiger partial charge in [0.2, 0.25) is 5.91 Å². The summed E-state index contributed by atoms with van der Waals surface area (Å²) in [4.78, 5) is 60.7. The van der Waals surface area contributed by atoms with Gasteiger partial charge >= 0.3 is 5.97 Å². The fraction of sp³-hybridized carbons (Fsp3) is 0.667. The lowest BCUT2D eigenvalue weighted by Crippen LogP contribution is -2.45. The first-order valence-electron chi connectivity index (χ1n) is 10.6. The number of Topliss-reactive ketones (excluding diaryl/α,β-unsaturated/α-hetero) is 1. The number of amides is 3. The Morgan fingerprint density at radius 2 is 1.75 bits per heavy atom. The maximum absolute atomic E-state index is 12.8. The summed E-state index contributed by atoms with van der Waals surface area (Å²) in [6, 6.07) is -0.467. The maximum atomic E-state index is 12.8. The molecule has 1 saturated heterocycles. The largest absolute Gasteiger partial charge is 0.459 e. The quantitative estimate of drug-likeness (QED) is 0.132. The van der Waals surface area contributed by atoms with Crippen molar-refractivity contribution < 1.29 is 28.7 Å². The van der Waals surface area contributed by atoms with E-state index in [9.17, 15) is 24.0 Å². The normalized spacial score (nSPS) is 17.9. The molecule has 9 nitrogen and oxygen atoms in total. The van der Waals surface area contributed by atoms with Crippen LogP contribution in [0.5, 0.6) is 0 Å². The molecular weight excluding hydrogens is 454 g/mol. The van der Waals surface area contributed by atoms with Crippen molar-refractivity contribution in [1.82, 2.24) is 15.5 Å². The van der Waals surface area contributed by atoms with Gasteiger partial charge in [0.1, 0.15) is 9.68 Å². The number of rotatable bonds is 13. The molecule has 32 heavy (non-hydrogen) atoms. The summed E-state index contributed by atoms with van der Waals surface area (Å²) in [5.41, 5.74) is -0.587. The van der Waals surface area contributed by atoms with Crippen LogP contribution in [-0.4, -0.2) is 69.7 Å². The Labute approximate surface area is 196 Å². The number of hydrogen-bond acceptors (Lipinski definition) is 9. The van der Waals surface area contributed by atoms with E-state index in [0.29, 0.717) is 25.8 Å². The molecule has 0 aromatic heterocycles. The SMILES string of the molecule is CC(C)(C)OC(=O)CN[C@@H](CCCCNC(=O)CCN1C(=O)C=CC1=O)C(=O)C1(C)SS1. The second-order valence-electron chi connectivity index (χ2n) is 8.75. The van der Waals surface area contributed by atoms with Gasteiger partial charge in [-0.25, -0.2) is 0 Å². The van der Waals surface area contributed by atoms with Crippen LogP contribution in [-0.2, 0) is 28.7 Å². The summed E-state index contributed by atoms with van der Waals surface area (Å²) in [6.45, 7) is 7.67. The Hall–Kier alpha value is -1.85. The molecule has 11 heteroatoms. The number of carbonyl (C=O) groups excluding carboxylic acids is 5. The second kappa shape index (κ2) is 11.3. The van der Waals surface area contributed by atoms with Crippen LogP contribution in [0.2, 0.25) is 0 Å². The van der Waals surface area contributed by atoms with Gasteiger partial charge in [-0.2, -0.15) is 0 Å². The van der Waals surface area contributed by atoms with E-state index in [1.54, 1.807) is 20.8 Å². The number of hydrogen-bond donors (Lipinski definition) is 2. The van der Waals surface area contributed by atoms with E-state index in [-0.39, 0.29) is 31.2 Å². The van der Waals surface area contributed by atoms with Crippen LogP contribution in [0.15, 0.2) is 12.2 Å². The standard InChI is InChI=1S/C21H31N3O6S2/c1-20(2,3)30-18(28)13-23-14(19(29)21(4)31-32-21)7-5-6-11-22-15(25)10-12-24-16(26)8-9-17(24)27/h8-9,14,23H,5-7,10-13H2,1-4H3,(H,22,25)/t14-/m0/s1. The Bertz CT molecular complexity index is 771. The van der Waals surface area contributed by atoms with Gasteiger partial charge in [-0.15, -0.1) is 0 Å². The first-order valence-corrected chi connectivity index (χ1v) is 12.7. The number of ketones is 1. The Morgan fingerprint density at radius 1 is 1.12 bits per heavy atom. The van der Waals surface area contributed by atoms with E-state index in [1.807, 2.05) is 6.92 Å². The smallest absolute Gasteiger partial charge is 0.320 e. The molecule has 0 saturated carbocycles. The summed E-state index contributed by atoms with van der Waals surface area (Å²) < 4.78 is 4.82. The lowest BCUT2D eigenvalue weighted by atomic mass is 10.0. The third kappa shape index (κ3) is 8.59. The van der Waals surface area contributed by atoms with Gasteiger partial charge < -0.3 is 10.1 Å². The van der Waals surface area contributed by atoms with Crippen molar-refractivity contribution >= 4 is 51.1 Å². The fourth-order valence-electron chi connectivity index (χ4n) is 3.03. The van der Waals surface area contributed by atoms with E-state index in [2.05, 4.69) is 10.6 Å². The van der Waals surface area contributed by atoms with Crippen molar-refractivity contribution in [3.05, 3.63) is 12.2 Å². The number of ether oxygens (including phenoxy) is 1. The molecule has 2 rings (SSSR count). The van der Waals surface area contributed by atoms with Crippen LogP contribution in [0, 0.1) is 0 Å². The number of esters is 1. The molecule has 3 amide bonds. The zero-order chi connectivity index (χ0) is 23.9. The zero-order valence-electron chi connectivity index (χ0n) is 18.9. The molecule has 0 aliphatic carbocycles. The van der Waals surface area contributed by atoms with Crippen molar-refractivity contribution in [3.63, 3.8) is 0 Å². The molecule has 0 aromatic rings. The van der Waals surface area contributed by atoms with E-state index < -0.39 is 33.5 Å². The Balaban J connectivity index is 1.68. The molecule has 2 aliphatic heterocycles. The lowest BCUT2D eigenvalue weighted by Gasteiger charge is -2.22. The van der Waals surface area contributed by atoms with Crippen LogP contribution in [0.1, 0.15) is 53.4 Å². The topological polar surface area (TPSA) is 122 Å².